The second kappa shape index (κ2) is 14.3. The Morgan fingerprint density at radius 1 is 0.410 bits per heavy atom. The number of benzene rings is 9. The summed E-state index contributed by atoms with van der Waals surface area (Å²) in [4.78, 5) is 7.01. The summed E-state index contributed by atoms with van der Waals surface area (Å²) in [5.41, 5.74) is 15.0. The predicted molar refractivity (Wildman–Crippen MR) is 254 cm³/mol. The lowest BCUT2D eigenvalue weighted by Gasteiger charge is -2.28. The molecule has 4 heteroatoms. The molecule has 0 fully saturated rings. The van der Waals surface area contributed by atoms with Crippen LogP contribution in [0.2, 0.25) is 0 Å². The molecular weight excluding hydrogens is 743 g/mol. The van der Waals surface area contributed by atoms with Gasteiger partial charge < -0.3 is 13.9 Å². The minimum absolute atomic E-state index is 0.646. The molecule has 0 saturated carbocycles. The third-order valence-corrected chi connectivity index (χ3v) is 12.0. The number of furan rings is 1. The third kappa shape index (κ3) is 5.88. The van der Waals surface area contributed by atoms with Crippen LogP contribution in [0.5, 0.6) is 0 Å². The summed E-state index contributed by atoms with van der Waals surface area (Å²) < 4.78 is 8.56. The summed E-state index contributed by atoms with van der Waals surface area (Å²) in [7, 11) is 0. The summed E-state index contributed by atoms with van der Waals surface area (Å²) in [5, 5.41) is 6.95. The van der Waals surface area contributed by atoms with Gasteiger partial charge >= 0.3 is 0 Å². The van der Waals surface area contributed by atoms with E-state index in [1.165, 1.54) is 38.1 Å². The van der Waals surface area contributed by atoms with E-state index in [0.717, 1.165) is 66.9 Å². The Balaban J connectivity index is 1.03. The molecule has 0 aliphatic rings. The number of hydrogen-bond acceptors (Lipinski definition) is 3. The first-order valence-corrected chi connectivity index (χ1v) is 20.7. The molecular formula is C57H37N3O. The van der Waals surface area contributed by atoms with E-state index >= 15 is 0 Å². The molecule has 0 bridgehead atoms. The van der Waals surface area contributed by atoms with Crippen LogP contribution in [0.15, 0.2) is 229 Å². The van der Waals surface area contributed by atoms with Gasteiger partial charge in [0.2, 0.25) is 5.71 Å². The molecule has 0 aliphatic heterocycles. The monoisotopic (exact) mass is 779 g/mol. The minimum atomic E-state index is 0.646. The van der Waals surface area contributed by atoms with Gasteiger partial charge in [-0.05, 0) is 112 Å². The van der Waals surface area contributed by atoms with Crippen molar-refractivity contribution in [2.75, 3.05) is 4.90 Å². The van der Waals surface area contributed by atoms with E-state index in [-0.39, 0.29) is 0 Å². The number of hydrogen-bond donors (Lipinski definition) is 0. The smallest absolute Gasteiger partial charge is 0.227 e. The van der Waals surface area contributed by atoms with Crippen LogP contribution in [0.25, 0.3) is 93.7 Å². The van der Waals surface area contributed by atoms with Crippen molar-refractivity contribution in [2.45, 2.75) is 0 Å². The Morgan fingerprint density at radius 2 is 1.05 bits per heavy atom. The number of pyridine rings is 1. The van der Waals surface area contributed by atoms with Gasteiger partial charge in [-0.25, -0.2) is 4.98 Å². The SMILES string of the molecule is c1ccc(-c2cc(N(c3ccc(-c4ccnc5oc6ccccc6c45)cc3)c3cccc(-c4cccc(-n5c6ccccc6c6ccccc65)c4)c3)c3ccccc3c2)cc1. The molecule has 61 heavy (non-hydrogen) atoms. The van der Waals surface area contributed by atoms with Crippen LogP contribution in [0, 0.1) is 0 Å². The van der Waals surface area contributed by atoms with Gasteiger partial charge in [-0.15, -0.1) is 0 Å². The van der Waals surface area contributed by atoms with Crippen LogP contribution >= 0.6 is 0 Å². The number of para-hydroxylation sites is 3. The van der Waals surface area contributed by atoms with E-state index in [0.29, 0.717) is 5.71 Å². The van der Waals surface area contributed by atoms with Crippen molar-refractivity contribution in [1.82, 2.24) is 9.55 Å². The van der Waals surface area contributed by atoms with E-state index in [1.807, 2.05) is 18.3 Å². The lowest BCUT2D eigenvalue weighted by Crippen LogP contribution is -2.11. The van der Waals surface area contributed by atoms with Crippen LogP contribution in [0.1, 0.15) is 0 Å². The van der Waals surface area contributed by atoms with Crippen LogP contribution in [-0.2, 0) is 0 Å². The van der Waals surface area contributed by atoms with Gasteiger partial charge in [-0.2, -0.15) is 0 Å². The van der Waals surface area contributed by atoms with Crippen LogP contribution in [-0.4, -0.2) is 9.55 Å². The highest BCUT2D eigenvalue weighted by Gasteiger charge is 2.20. The highest BCUT2D eigenvalue weighted by atomic mass is 16.3. The first kappa shape index (κ1) is 34.8. The number of aromatic nitrogens is 2. The molecule has 0 amide bonds. The van der Waals surface area contributed by atoms with Gasteiger partial charge in [-0.1, -0.05) is 146 Å². The highest BCUT2D eigenvalue weighted by molar-refractivity contribution is 6.12. The summed E-state index contributed by atoms with van der Waals surface area (Å²) in [6, 6.07) is 78.4. The Kier molecular flexibility index (Phi) is 8.13. The van der Waals surface area contributed by atoms with Crippen LogP contribution in [0.3, 0.4) is 0 Å². The van der Waals surface area contributed by atoms with Gasteiger partial charge in [0, 0.05) is 44.8 Å². The van der Waals surface area contributed by atoms with Crippen molar-refractivity contribution >= 4 is 71.7 Å². The molecule has 0 saturated heterocycles. The van der Waals surface area contributed by atoms with Crippen molar-refractivity contribution in [3.63, 3.8) is 0 Å². The molecule has 9 aromatic carbocycles. The molecule has 0 spiro atoms. The maximum absolute atomic E-state index is 6.17. The van der Waals surface area contributed by atoms with Crippen molar-refractivity contribution < 1.29 is 4.42 Å². The topological polar surface area (TPSA) is 34.2 Å². The van der Waals surface area contributed by atoms with Crippen molar-refractivity contribution in [1.29, 1.82) is 0 Å². The fraction of sp³-hybridized carbons (Fsp3) is 0. The number of fused-ring (bicyclic) bond motifs is 7. The maximum Gasteiger partial charge on any atom is 0.227 e. The quantitative estimate of drug-likeness (QED) is 0.162. The number of rotatable bonds is 7. The lowest BCUT2D eigenvalue weighted by molar-refractivity contribution is 0.654. The largest absolute Gasteiger partial charge is 0.438 e. The van der Waals surface area contributed by atoms with Crippen LogP contribution in [0.4, 0.5) is 17.1 Å². The summed E-state index contributed by atoms with van der Waals surface area (Å²) in [6.07, 6.45) is 1.84. The van der Waals surface area contributed by atoms with E-state index in [1.54, 1.807) is 0 Å². The standard InChI is InChI=1S/C57H37N3O/c1-2-14-38(15-3-1)43-34-42-16-4-5-21-47(42)54(37-43)59(44-30-28-39(29-31-44)48-32-33-58-57-56(48)51-24-8-11-27-55(51)61-57)45-19-12-17-40(35-45)41-18-13-20-46(36-41)60-52-25-9-6-22-49(52)50-23-7-10-26-53(50)60/h1-37H. The van der Waals surface area contributed by atoms with Gasteiger partial charge in [0.1, 0.15) is 5.58 Å². The Hall–Kier alpha value is -8.21. The fourth-order valence-corrected chi connectivity index (χ4v) is 9.23. The second-order valence-corrected chi connectivity index (χ2v) is 15.6. The minimum Gasteiger partial charge on any atom is -0.438 e. The maximum atomic E-state index is 6.17. The number of anilines is 3. The summed E-state index contributed by atoms with van der Waals surface area (Å²) >= 11 is 0. The van der Waals surface area contributed by atoms with Gasteiger partial charge in [0.05, 0.1) is 22.1 Å². The zero-order valence-corrected chi connectivity index (χ0v) is 33.1. The zero-order valence-electron chi connectivity index (χ0n) is 33.1. The van der Waals surface area contributed by atoms with E-state index in [4.69, 9.17) is 4.42 Å². The first-order chi connectivity index (χ1) is 30.2. The lowest BCUT2D eigenvalue weighted by atomic mass is 9.97. The number of nitrogens with zero attached hydrogens (tertiary/aromatic N) is 3. The molecule has 0 atom stereocenters. The highest BCUT2D eigenvalue weighted by Crippen LogP contribution is 2.44. The Morgan fingerprint density at radius 3 is 1.84 bits per heavy atom. The van der Waals surface area contributed by atoms with Crippen molar-refractivity contribution in [2.24, 2.45) is 0 Å². The molecule has 0 aliphatic carbocycles. The van der Waals surface area contributed by atoms with Crippen LogP contribution < -0.4 is 4.90 Å². The molecule has 3 heterocycles. The molecule has 0 radical (unpaired) electrons. The molecule has 12 aromatic rings. The van der Waals surface area contributed by atoms with Gasteiger partial charge in [-0.3, -0.25) is 0 Å². The van der Waals surface area contributed by atoms with E-state index < -0.39 is 0 Å². The molecule has 286 valence electrons. The summed E-state index contributed by atoms with van der Waals surface area (Å²) in [6.45, 7) is 0. The first-order valence-electron chi connectivity index (χ1n) is 20.7. The third-order valence-electron chi connectivity index (χ3n) is 12.0. The average Bonchev–Trinajstić information content (AvgIpc) is 3.88. The zero-order chi connectivity index (χ0) is 40.3. The summed E-state index contributed by atoms with van der Waals surface area (Å²) in [5.74, 6) is 0. The van der Waals surface area contributed by atoms with E-state index in [2.05, 4.69) is 221 Å². The molecule has 0 N–H and O–H groups in total. The fourth-order valence-electron chi connectivity index (χ4n) is 9.23. The van der Waals surface area contributed by atoms with Crippen molar-refractivity contribution in [3.8, 4) is 39.1 Å². The Bertz CT molecular complexity index is 3550. The Labute approximate surface area is 352 Å². The van der Waals surface area contributed by atoms with Gasteiger partial charge in [0.15, 0.2) is 0 Å². The molecule has 3 aromatic heterocycles. The van der Waals surface area contributed by atoms with E-state index in [9.17, 15) is 0 Å². The normalized spacial score (nSPS) is 11.6. The average molecular weight is 780 g/mol. The molecule has 12 rings (SSSR count). The predicted octanol–water partition coefficient (Wildman–Crippen LogP) is 15.7. The van der Waals surface area contributed by atoms with Gasteiger partial charge in [0.25, 0.3) is 0 Å². The molecule has 0 unspecified atom stereocenters. The molecule has 4 nitrogen and oxygen atoms in total. The van der Waals surface area contributed by atoms with Crippen molar-refractivity contribution in [3.05, 3.63) is 225 Å². The second-order valence-electron chi connectivity index (χ2n) is 15.6.